The van der Waals surface area contributed by atoms with Gasteiger partial charge in [0.15, 0.2) is 5.65 Å². The third-order valence-corrected chi connectivity index (χ3v) is 3.72. The Morgan fingerprint density at radius 2 is 2.00 bits per heavy atom. The zero-order valence-corrected chi connectivity index (χ0v) is 12.5. The van der Waals surface area contributed by atoms with E-state index in [4.69, 9.17) is 22.1 Å². The van der Waals surface area contributed by atoms with Crippen LogP contribution in [0.25, 0.3) is 11.2 Å². The largest absolute Gasteiger partial charge is 0.497 e. The summed E-state index contributed by atoms with van der Waals surface area (Å²) in [6, 6.07) is 9.62. The Bertz CT molecular complexity index is 782. The van der Waals surface area contributed by atoms with Gasteiger partial charge in [-0.3, -0.25) is 4.57 Å². The second kappa shape index (κ2) is 5.26. The maximum absolute atomic E-state index is 6.04. The molecule has 0 aliphatic rings. The molecule has 0 fully saturated rings. The fourth-order valence-corrected chi connectivity index (χ4v) is 2.54. The van der Waals surface area contributed by atoms with Crippen molar-refractivity contribution in [2.24, 2.45) is 0 Å². The van der Waals surface area contributed by atoms with Crippen LogP contribution in [-0.2, 0) is 0 Å². The smallest absolute Gasteiger partial charge is 0.203 e. The number of hydrogen-bond donors (Lipinski definition) is 1. The van der Waals surface area contributed by atoms with E-state index >= 15 is 0 Å². The number of methoxy groups -OCH3 is 1. The molecule has 1 atom stereocenters. The van der Waals surface area contributed by atoms with Gasteiger partial charge in [-0.15, -0.1) is 0 Å². The average molecular weight is 303 g/mol. The fourth-order valence-electron chi connectivity index (χ4n) is 2.39. The maximum atomic E-state index is 6.04. The summed E-state index contributed by atoms with van der Waals surface area (Å²) < 4.78 is 7.07. The first-order valence-corrected chi connectivity index (χ1v) is 6.91. The molecule has 0 spiro atoms. The third-order valence-electron chi connectivity index (χ3n) is 3.51. The molecule has 0 aliphatic heterocycles. The van der Waals surface area contributed by atoms with Crippen LogP contribution in [0.5, 0.6) is 5.75 Å². The summed E-state index contributed by atoms with van der Waals surface area (Å²) in [4.78, 5) is 8.67. The first-order valence-electron chi connectivity index (χ1n) is 6.53. The Hall–Kier alpha value is -2.27. The van der Waals surface area contributed by atoms with Crippen LogP contribution < -0.4 is 10.5 Å². The van der Waals surface area contributed by atoms with Crippen molar-refractivity contribution in [2.75, 3.05) is 12.8 Å². The molecule has 0 saturated heterocycles. The number of hydrogen-bond acceptors (Lipinski definition) is 4. The van der Waals surface area contributed by atoms with Gasteiger partial charge >= 0.3 is 0 Å². The highest BCUT2D eigenvalue weighted by Gasteiger charge is 2.17. The normalized spacial score (nSPS) is 12.5. The van der Waals surface area contributed by atoms with E-state index in [-0.39, 0.29) is 6.04 Å². The van der Waals surface area contributed by atoms with Gasteiger partial charge in [0.05, 0.1) is 18.2 Å². The standard InChI is InChI=1S/C15H15ClN4O/c1-9(10-3-5-12(21-2)6-4-10)20-14-13(19-15(20)17)7-11(16)8-18-14/h3-9H,1-2H3,(H2,17,19). The summed E-state index contributed by atoms with van der Waals surface area (Å²) in [5.41, 5.74) is 8.55. The molecule has 0 saturated carbocycles. The zero-order valence-electron chi connectivity index (χ0n) is 11.7. The molecule has 0 amide bonds. The molecule has 3 rings (SSSR count). The van der Waals surface area contributed by atoms with E-state index in [1.54, 1.807) is 19.4 Å². The molecule has 0 radical (unpaired) electrons. The summed E-state index contributed by atoms with van der Waals surface area (Å²) >= 11 is 5.94. The minimum Gasteiger partial charge on any atom is -0.497 e. The lowest BCUT2D eigenvalue weighted by Crippen LogP contribution is -2.10. The highest BCUT2D eigenvalue weighted by molar-refractivity contribution is 6.31. The number of halogens is 1. The molecule has 1 unspecified atom stereocenters. The van der Waals surface area contributed by atoms with Crippen molar-refractivity contribution in [3.63, 3.8) is 0 Å². The Kier molecular flexibility index (Phi) is 3.43. The first kappa shape index (κ1) is 13.7. The van der Waals surface area contributed by atoms with Crippen molar-refractivity contribution in [1.29, 1.82) is 0 Å². The molecule has 0 bridgehead atoms. The summed E-state index contributed by atoms with van der Waals surface area (Å²) in [5.74, 6) is 1.24. The first-order chi connectivity index (χ1) is 10.1. The van der Waals surface area contributed by atoms with Gasteiger partial charge in [0.25, 0.3) is 0 Å². The Morgan fingerprint density at radius 3 is 2.67 bits per heavy atom. The van der Waals surface area contributed by atoms with Crippen LogP contribution in [0.15, 0.2) is 36.5 Å². The van der Waals surface area contributed by atoms with Crippen LogP contribution >= 0.6 is 11.6 Å². The van der Waals surface area contributed by atoms with E-state index in [2.05, 4.69) is 16.9 Å². The molecule has 6 heteroatoms. The molecule has 2 heterocycles. The Labute approximate surface area is 127 Å². The number of fused-ring (bicyclic) bond motifs is 1. The number of benzene rings is 1. The lowest BCUT2D eigenvalue weighted by atomic mass is 10.1. The lowest BCUT2D eigenvalue weighted by Gasteiger charge is -2.16. The van der Waals surface area contributed by atoms with Crippen molar-refractivity contribution in [2.45, 2.75) is 13.0 Å². The van der Waals surface area contributed by atoms with Crippen LogP contribution in [-0.4, -0.2) is 21.6 Å². The number of nitrogens with zero attached hydrogens (tertiary/aromatic N) is 3. The third kappa shape index (κ3) is 2.40. The molecule has 108 valence electrons. The maximum Gasteiger partial charge on any atom is 0.203 e. The zero-order chi connectivity index (χ0) is 15.0. The number of nitrogens with two attached hydrogens (primary N) is 1. The molecular formula is C15H15ClN4O. The summed E-state index contributed by atoms with van der Waals surface area (Å²) in [7, 11) is 1.65. The fraction of sp³-hybridized carbons (Fsp3) is 0.200. The van der Waals surface area contributed by atoms with E-state index in [1.165, 1.54) is 0 Å². The summed E-state index contributed by atoms with van der Waals surface area (Å²) in [5, 5.41) is 0.546. The van der Waals surface area contributed by atoms with Crippen LogP contribution in [0.1, 0.15) is 18.5 Å². The van der Waals surface area contributed by atoms with E-state index in [9.17, 15) is 0 Å². The lowest BCUT2D eigenvalue weighted by molar-refractivity contribution is 0.414. The van der Waals surface area contributed by atoms with Gasteiger partial charge in [-0.1, -0.05) is 23.7 Å². The van der Waals surface area contributed by atoms with Gasteiger partial charge in [-0.05, 0) is 30.7 Å². The van der Waals surface area contributed by atoms with Crippen molar-refractivity contribution in [3.8, 4) is 5.75 Å². The predicted octanol–water partition coefficient (Wildman–Crippen LogP) is 3.28. The number of pyridine rings is 1. The Morgan fingerprint density at radius 1 is 1.29 bits per heavy atom. The number of aromatic nitrogens is 3. The highest BCUT2D eigenvalue weighted by Crippen LogP contribution is 2.28. The highest BCUT2D eigenvalue weighted by atomic mass is 35.5. The van der Waals surface area contributed by atoms with Crippen molar-refractivity contribution >= 4 is 28.7 Å². The minimum absolute atomic E-state index is 0.00887. The van der Waals surface area contributed by atoms with Gasteiger partial charge in [-0.25, -0.2) is 9.97 Å². The molecular weight excluding hydrogens is 288 g/mol. The molecule has 21 heavy (non-hydrogen) atoms. The predicted molar refractivity (Wildman–Crippen MR) is 83.8 cm³/mol. The van der Waals surface area contributed by atoms with Gasteiger partial charge in [0.1, 0.15) is 11.3 Å². The molecule has 5 nitrogen and oxygen atoms in total. The number of nitrogen functional groups attached to an aromatic ring is 1. The molecule has 0 aliphatic carbocycles. The van der Waals surface area contributed by atoms with Gasteiger partial charge in [0, 0.05) is 6.20 Å². The summed E-state index contributed by atoms with van der Waals surface area (Å²) in [6.45, 7) is 2.05. The molecule has 2 N–H and O–H groups in total. The van der Waals surface area contributed by atoms with Crippen LogP contribution in [0.4, 0.5) is 5.95 Å². The number of ether oxygens (including phenoxy) is 1. The van der Waals surface area contributed by atoms with Crippen LogP contribution in [0.2, 0.25) is 5.02 Å². The topological polar surface area (TPSA) is 66.0 Å². The van der Waals surface area contributed by atoms with Crippen LogP contribution in [0.3, 0.4) is 0 Å². The van der Waals surface area contributed by atoms with Crippen LogP contribution in [0, 0.1) is 0 Å². The number of rotatable bonds is 3. The second-order valence-electron chi connectivity index (χ2n) is 4.79. The quantitative estimate of drug-likeness (QED) is 0.806. The van der Waals surface area contributed by atoms with Crippen molar-refractivity contribution < 1.29 is 4.74 Å². The molecule has 2 aromatic heterocycles. The Balaban J connectivity index is 2.07. The average Bonchev–Trinajstić information content (AvgIpc) is 2.81. The van der Waals surface area contributed by atoms with Gasteiger partial charge < -0.3 is 10.5 Å². The van der Waals surface area contributed by atoms with Gasteiger partial charge in [-0.2, -0.15) is 0 Å². The van der Waals surface area contributed by atoms with E-state index in [0.29, 0.717) is 16.5 Å². The minimum atomic E-state index is 0.00887. The second-order valence-corrected chi connectivity index (χ2v) is 5.22. The van der Waals surface area contributed by atoms with E-state index in [0.717, 1.165) is 17.0 Å². The number of anilines is 1. The monoisotopic (exact) mass is 302 g/mol. The SMILES string of the molecule is COc1ccc(C(C)n2c(N)nc3cc(Cl)cnc32)cc1. The van der Waals surface area contributed by atoms with Crippen molar-refractivity contribution in [1.82, 2.24) is 14.5 Å². The molecule has 3 aromatic rings. The van der Waals surface area contributed by atoms with E-state index < -0.39 is 0 Å². The number of imidazole rings is 1. The van der Waals surface area contributed by atoms with Gasteiger partial charge in [0.2, 0.25) is 5.95 Å². The van der Waals surface area contributed by atoms with E-state index in [1.807, 2.05) is 28.8 Å². The van der Waals surface area contributed by atoms with Crippen molar-refractivity contribution in [3.05, 3.63) is 47.1 Å². The molecule has 1 aromatic carbocycles. The summed E-state index contributed by atoms with van der Waals surface area (Å²) in [6.07, 6.45) is 1.60.